The lowest BCUT2D eigenvalue weighted by molar-refractivity contribution is 0.0990. The first-order valence-corrected chi connectivity index (χ1v) is 16.8. The van der Waals surface area contributed by atoms with Crippen LogP contribution in [0.4, 0.5) is 17.1 Å². The molecule has 4 heteroatoms. The number of ether oxygens (including phenoxy) is 1. The molecule has 51 heavy (non-hydrogen) atoms. The van der Waals surface area contributed by atoms with Crippen LogP contribution in [0.1, 0.15) is 43.0 Å². The molecule has 244 valence electrons. The fraction of sp³-hybridized carbons (Fsp3) is 0.0213. The highest BCUT2D eigenvalue weighted by Crippen LogP contribution is 2.40. The van der Waals surface area contributed by atoms with E-state index in [9.17, 15) is 9.59 Å². The van der Waals surface area contributed by atoms with Crippen LogP contribution in [0.2, 0.25) is 0 Å². The number of anilines is 3. The van der Waals surface area contributed by atoms with Gasteiger partial charge in [-0.15, -0.1) is 0 Å². The topological polar surface area (TPSA) is 46.6 Å². The average Bonchev–Trinajstić information content (AvgIpc) is 3.40. The number of allylic oxidation sites excluding steroid dienone is 1. The molecular weight excluding hydrogens is 627 g/mol. The first-order valence-electron chi connectivity index (χ1n) is 16.8. The van der Waals surface area contributed by atoms with Crippen molar-refractivity contribution in [1.82, 2.24) is 0 Å². The molecule has 0 radical (unpaired) electrons. The van der Waals surface area contributed by atoms with Gasteiger partial charge in [0.05, 0.1) is 5.57 Å². The van der Waals surface area contributed by atoms with Gasteiger partial charge in [-0.25, -0.2) is 0 Å². The summed E-state index contributed by atoms with van der Waals surface area (Å²) in [5.41, 5.74) is 7.16. The summed E-state index contributed by atoms with van der Waals surface area (Å²) in [6.07, 6.45) is 5.02. The predicted molar refractivity (Wildman–Crippen MR) is 210 cm³/mol. The Balaban J connectivity index is 1.25. The van der Waals surface area contributed by atoms with Crippen LogP contribution in [-0.4, -0.2) is 11.6 Å². The minimum Gasteiger partial charge on any atom is -0.488 e. The summed E-state index contributed by atoms with van der Waals surface area (Å²) in [5, 5.41) is 4.16. The molecule has 0 fully saturated rings. The standard InChI is InChI=1S/C47H33NO3/c1-3-33-27-42-43(28-34(33)4-2)47(50)44(46(42)49)24-32-23-37-20-22-40(29-41(37)45(25-32)51-30-31-13-7-5-8-14-31)48(38-17-9-6-10-18-38)39-21-19-35-15-11-12-16-36(35)26-39/h3-29H,1-2,30H2. The van der Waals surface area contributed by atoms with E-state index in [2.05, 4.69) is 90.9 Å². The van der Waals surface area contributed by atoms with E-state index in [0.29, 0.717) is 29.0 Å². The van der Waals surface area contributed by atoms with Crippen molar-refractivity contribution in [3.05, 3.63) is 198 Å². The van der Waals surface area contributed by atoms with E-state index in [-0.39, 0.29) is 17.1 Å². The number of Topliss-reactive ketones (excluding diaryl/α,β-unsaturated/α-hetero) is 2. The summed E-state index contributed by atoms with van der Waals surface area (Å²) in [6.45, 7) is 8.08. The van der Waals surface area contributed by atoms with E-state index >= 15 is 0 Å². The third-order valence-electron chi connectivity index (χ3n) is 9.38. The number of hydrogen-bond acceptors (Lipinski definition) is 4. The first kappa shape index (κ1) is 31.5. The molecular formula is C47H33NO3. The number of carbonyl (C=O) groups is 2. The lowest BCUT2D eigenvalue weighted by Gasteiger charge is -2.26. The smallest absolute Gasteiger partial charge is 0.197 e. The van der Waals surface area contributed by atoms with Crippen LogP contribution in [0, 0.1) is 0 Å². The van der Waals surface area contributed by atoms with Crippen LogP contribution in [-0.2, 0) is 6.61 Å². The lowest BCUT2D eigenvalue weighted by Crippen LogP contribution is -2.10. The largest absolute Gasteiger partial charge is 0.488 e. The number of para-hydroxylation sites is 1. The summed E-state index contributed by atoms with van der Waals surface area (Å²) >= 11 is 0. The van der Waals surface area contributed by atoms with E-state index < -0.39 is 0 Å². The van der Waals surface area contributed by atoms with Gasteiger partial charge in [0.25, 0.3) is 0 Å². The van der Waals surface area contributed by atoms with Gasteiger partial charge in [-0.3, -0.25) is 9.59 Å². The van der Waals surface area contributed by atoms with Crippen molar-refractivity contribution in [2.24, 2.45) is 0 Å². The van der Waals surface area contributed by atoms with Crippen molar-refractivity contribution >= 4 is 68.4 Å². The van der Waals surface area contributed by atoms with E-state index in [1.54, 1.807) is 30.4 Å². The van der Waals surface area contributed by atoms with Gasteiger partial charge in [-0.2, -0.15) is 0 Å². The van der Waals surface area contributed by atoms with Crippen LogP contribution >= 0.6 is 0 Å². The fourth-order valence-electron chi connectivity index (χ4n) is 6.80. The Morgan fingerprint density at radius 1 is 0.549 bits per heavy atom. The average molecular weight is 660 g/mol. The van der Waals surface area contributed by atoms with Crippen molar-refractivity contribution in [3.8, 4) is 5.75 Å². The van der Waals surface area contributed by atoms with Crippen LogP contribution < -0.4 is 9.64 Å². The first-order chi connectivity index (χ1) is 25.0. The Labute approximate surface area is 296 Å². The minimum absolute atomic E-state index is 0.123. The van der Waals surface area contributed by atoms with Gasteiger partial charge < -0.3 is 9.64 Å². The van der Waals surface area contributed by atoms with Gasteiger partial charge in [0.15, 0.2) is 11.6 Å². The molecule has 0 atom stereocenters. The molecule has 7 aromatic rings. The SMILES string of the molecule is C=Cc1cc2c(cc1C=C)C(=O)C(=Cc1cc(OCc3ccccc3)c3cc(N(c4ccccc4)c4ccc5ccccc5c4)ccc3c1)C2=O. The lowest BCUT2D eigenvalue weighted by atomic mass is 9.99. The van der Waals surface area contributed by atoms with Crippen molar-refractivity contribution in [1.29, 1.82) is 0 Å². The number of rotatable bonds is 9. The molecule has 1 aliphatic carbocycles. The van der Waals surface area contributed by atoms with Gasteiger partial charge in [0.2, 0.25) is 0 Å². The van der Waals surface area contributed by atoms with Crippen molar-refractivity contribution in [3.63, 3.8) is 0 Å². The molecule has 1 aliphatic rings. The summed E-state index contributed by atoms with van der Waals surface area (Å²) < 4.78 is 6.55. The van der Waals surface area contributed by atoms with Gasteiger partial charge in [-0.05, 0) is 105 Å². The summed E-state index contributed by atoms with van der Waals surface area (Å²) in [4.78, 5) is 29.5. The number of carbonyl (C=O) groups excluding carboxylic acids is 2. The molecule has 0 spiro atoms. The van der Waals surface area contributed by atoms with Gasteiger partial charge in [0.1, 0.15) is 12.4 Å². The van der Waals surface area contributed by atoms with Gasteiger partial charge in [0, 0.05) is 33.6 Å². The zero-order valence-corrected chi connectivity index (χ0v) is 27.9. The Bertz CT molecular complexity index is 2500. The quantitative estimate of drug-likeness (QED) is 0.114. The van der Waals surface area contributed by atoms with Crippen LogP contribution in [0.5, 0.6) is 5.75 Å². The highest BCUT2D eigenvalue weighted by atomic mass is 16.5. The van der Waals surface area contributed by atoms with E-state index in [4.69, 9.17) is 4.74 Å². The van der Waals surface area contributed by atoms with Crippen molar-refractivity contribution in [2.45, 2.75) is 6.61 Å². The number of fused-ring (bicyclic) bond motifs is 3. The maximum absolute atomic E-state index is 13.6. The summed E-state index contributed by atoms with van der Waals surface area (Å²) in [7, 11) is 0. The van der Waals surface area contributed by atoms with Crippen LogP contribution in [0.15, 0.2) is 164 Å². The molecule has 0 bridgehead atoms. The zero-order chi connectivity index (χ0) is 34.9. The molecule has 0 N–H and O–H groups in total. The number of hydrogen-bond donors (Lipinski definition) is 0. The second-order valence-electron chi connectivity index (χ2n) is 12.6. The molecule has 7 aromatic carbocycles. The zero-order valence-electron chi connectivity index (χ0n) is 27.9. The third kappa shape index (κ3) is 5.94. The van der Waals surface area contributed by atoms with Gasteiger partial charge >= 0.3 is 0 Å². The van der Waals surface area contributed by atoms with Gasteiger partial charge in [-0.1, -0.05) is 110 Å². The van der Waals surface area contributed by atoms with E-state index in [0.717, 1.165) is 49.9 Å². The summed E-state index contributed by atoms with van der Waals surface area (Å²) in [6, 6.07) is 48.8. The molecule has 0 saturated heterocycles. The minimum atomic E-state index is -0.301. The maximum Gasteiger partial charge on any atom is 0.197 e. The highest BCUT2D eigenvalue weighted by Gasteiger charge is 2.34. The Morgan fingerprint density at radius 2 is 1.14 bits per heavy atom. The van der Waals surface area contributed by atoms with Crippen LogP contribution in [0.3, 0.4) is 0 Å². The van der Waals surface area contributed by atoms with Crippen molar-refractivity contribution < 1.29 is 14.3 Å². The molecule has 0 aromatic heterocycles. The number of benzene rings is 7. The number of nitrogens with zero attached hydrogens (tertiary/aromatic N) is 1. The molecule has 0 saturated carbocycles. The Morgan fingerprint density at radius 3 is 1.80 bits per heavy atom. The van der Waals surface area contributed by atoms with E-state index in [1.165, 1.54) is 5.39 Å². The second kappa shape index (κ2) is 13.3. The predicted octanol–water partition coefficient (Wildman–Crippen LogP) is 11.8. The summed E-state index contributed by atoms with van der Waals surface area (Å²) in [5.74, 6) is 0.0458. The molecule has 0 amide bonds. The fourth-order valence-corrected chi connectivity index (χ4v) is 6.80. The molecule has 0 heterocycles. The monoisotopic (exact) mass is 659 g/mol. The highest BCUT2D eigenvalue weighted by molar-refractivity contribution is 6.41. The number of ketones is 2. The Hall–Kier alpha value is -6.78. The second-order valence-corrected chi connectivity index (χ2v) is 12.6. The van der Waals surface area contributed by atoms with E-state index in [1.807, 2.05) is 60.7 Å². The molecule has 0 unspecified atom stereocenters. The molecule has 8 rings (SSSR count). The van der Waals surface area contributed by atoms with Crippen LogP contribution in [0.25, 0.3) is 39.8 Å². The third-order valence-corrected chi connectivity index (χ3v) is 9.38. The Kier molecular flexibility index (Phi) is 8.19. The van der Waals surface area contributed by atoms with Crippen molar-refractivity contribution in [2.75, 3.05) is 4.90 Å². The molecule has 0 aliphatic heterocycles. The molecule has 4 nitrogen and oxygen atoms in total. The maximum atomic E-state index is 13.6. The normalized spacial score (nSPS) is 12.2.